The first-order valence-corrected chi connectivity index (χ1v) is 9.99. The Hall–Kier alpha value is -2.59. The number of amides is 1. The van der Waals surface area contributed by atoms with Crippen molar-refractivity contribution in [2.24, 2.45) is 0 Å². The van der Waals surface area contributed by atoms with Crippen LogP contribution in [-0.4, -0.2) is 5.91 Å². The van der Waals surface area contributed by atoms with Gasteiger partial charge >= 0.3 is 0 Å². The molecule has 27 heavy (non-hydrogen) atoms. The van der Waals surface area contributed by atoms with E-state index in [9.17, 15) is 4.79 Å². The molecule has 0 spiro atoms. The summed E-state index contributed by atoms with van der Waals surface area (Å²) in [5, 5.41) is 4.97. The molecule has 1 aromatic heterocycles. The van der Waals surface area contributed by atoms with Crippen LogP contribution < -0.4 is 10.1 Å². The quantitative estimate of drug-likeness (QED) is 0.544. The molecule has 4 heteroatoms. The molecule has 0 aliphatic heterocycles. The van der Waals surface area contributed by atoms with E-state index in [-0.39, 0.29) is 5.91 Å². The summed E-state index contributed by atoms with van der Waals surface area (Å²) in [6.07, 6.45) is 0. The van der Waals surface area contributed by atoms with Gasteiger partial charge in [0.1, 0.15) is 12.4 Å². The average molecular weight is 380 g/mol. The first-order chi connectivity index (χ1) is 12.9. The van der Waals surface area contributed by atoms with Crippen molar-refractivity contribution in [3.63, 3.8) is 0 Å². The predicted octanol–water partition coefficient (Wildman–Crippen LogP) is 6.32. The fourth-order valence-corrected chi connectivity index (χ4v) is 3.53. The first-order valence-electron chi connectivity index (χ1n) is 9.11. The Morgan fingerprint density at radius 3 is 2.52 bits per heavy atom. The summed E-state index contributed by atoms with van der Waals surface area (Å²) >= 11 is 1.44. The lowest BCUT2D eigenvalue weighted by Crippen LogP contribution is -2.11. The topological polar surface area (TPSA) is 38.3 Å². The van der Waals surface area contributed by atoms with Crippen LogP contribution in [0.2, 0.25) is 0 Å². The second kappa shape index (κ2) is 8.40. The maximum absolute atomic E-state index is 12.5. The molecule has 0 unspecified atom stereocenters. The third-order valence-corrected chi connectivity index (χ3v) is 5.45. The Morgan fingerprint density at radius 1 is 1.07 bits per heavy atom. The molecule has 3 nitrogen and oxygen atoms in total. The minimum Gasteiger partial charge on any atom is -0.489 e. The van der Waals surface area contributed by atoms with Crippen molar-refractivity contribution in [2.75, 3.05) is 5.32 Å². The molecule has 3 rings (SSSR count). The van der Waals surface area contributed by atoms with Crippen LogP contribution in [0.15, 0.2) is 53.9 Å². The average Bonchev–Trinajstić information content (AvgIpc) is 3.12. The maximum Gasteiger partial charge on any atom is 0.265 e. The molecule has 0 saturated carbocycles. The number of hydrogen-bond donors (Lipinski definition) is 1. The van der Waals surface area contributed by atoms with Crippen molar-refractivity contribution in [3.05, 3.63) is 81.0 Å². The second-order valence-electron chi connectivity index (χ2n) is 7.10. The molecular weight excluding hydrogens is 354 g/mol. The minimum atomic E-state index is -0.0822. The van der Waals surface area contributed by atoms with Crippen LogP contribution in [0.1, 0.15) is 51.7 Å². The third kappa shape index (κ3) is 4.98. The third-order valence-electron chi connectivity index (χ3n) is 4.47. The van der Waals surface area contributed by atoms with Gasteiger partial charge in [-0.15, -0.1) is 11.3 Å². The van der Waals surface area contributed by atoms with Gasteiger partial charge in [-0.2, -0.15) is 0 Å². The molecule has 0 saturated heterocycles. The number of carbonyl (C=O) groups excluding carboxylic acids is 1. The summed E-state index contributed by atoms with van der Waals surface area (Å²) in [6, 6.07) is 16.1. The molecule has 0 radical (unpaired) electrons. The summed E-state index contributed by atoms with van der Waals surface area (Å²) in [5.74, 6) is 1.27. The van der Waals surface area contributed by atoms with Crippen LogP contribution >= 0.6 is 11.3 Å². The number of thiophene rings is 1. The van der Waals surface area contributed by atoms with E-state index in [1.807, 2.05) is 55.6 Å². The van der Waals surface area contributed by atoms with E-state index in [4.69, 9.17) is 4.74 Å². The van der Waals surface area contributed by atoms with Gasteiger partial charge in [-0.1, -0.05) is 38.1 Å². The standard InChI is InChI=1S/C23H25NO2S/c1-15(2)19-7-9-20(10-8-19)26-13-18-12-22(27-14-18)23(25)24-21-11-16(3)5-6-17(21)4/h5-12,14-15H,13H2,1-4H3,(H,24,25). The monoisotopic (exact) mass is 379 g/mol. The van der Waals surface area contributed by atoms with E-state index >= 15 is 0 Å². The highest BCUT2D eigenvalue weighted by Crippen LogP contribution is 2.23. The van der Waals surface area contributed by atoms with Crippen molar-refractivity contribution >= 4 is 22.9 Å². The zero-order chi connectivity index (χ0) is 19.4. The molecule has 0 aliphatic rings. The second-order valence-corrected chi connectivity index (χ2v) is 8.02. The van der Waals surface area contributed by atoms with Crippen LogP contribution in [0, 0.1) is 13.8 Å². The number of benzene rings is 2. The van der Waals surface area contributed by atoms with Crippen molar-refractivity contribution in [3.8, 4) is 5.75 Å². The van der Waals surface area contributed by atoms with Crippen molar-refractivity contribution in [1.29, 1.82) is 0 Å². The summed E-state index contributed by atoms with van der Waals surface area (Å²) in [7, 11) is 0. The van der Waals surface area contributed by atoms with Gasteiger partial charge in [0.25, 0.3) is 5.91 Å². The molecule has 1 N–H and O–H groups in total. The smallest absolute Gasteiger partial charge is 0.265 e. The summed E-state index contributed by atoms with van der Waals surface area (Å²) < 4.78 is 5.85. The highest BCUT2D eigenvalue weighted by Gasteiger charge is 2.11. The lowest BCUT2D eigenvalue weighted by atomic mass is 10.0. The molecule has 1 heterocycles. The fourth-order valence-electron chi connectivity index (χ4n) is 2.74. The SMILES string of the molecule is Cc1ccc(C)c(NC(=O)c2cc(COc3ccc(C(C)C)cc3)cs2)c1. The molecule has 0 aliphatic carbocycles. The van der Waals surface area contributed by atoms with E-state index in [0.717, 1.165) is 28.1 Å². The highest BCUT2D eigenvalue weighted by molar-refractivity contribution is 7.12. The number of aryl methyl sites for hydroxylation is 2. The largest absolute Gasteiger partial charge is 0.489 e. The van der Waals surface area contributed by atoms with Gasteiger partial charge in [-0.3, -0.25) is 4.79 Å². The summed E-state index contributed by atoms with van der Waals surface area (Å²) in [4.78, 5) is 13.2. The van der Waals surface area contributed by atoms with Crippen molar-refractivity contribution in [2.45, 2.75) is 40.2 Å². The van der Waals surface area contributed by atoms with Crippen LogP contribution in [0.3, 0.4) is 0 Å². The Balaban J connectivity index is 1.60. The number of hydrogen-bond acceptors (Lipinski definition) is 3. The number of nitrogens with one attached hydrogen (secondary N) is 1. The lowest BCUT2D eigenvalue weighted by molar-refractivity contribution is 0.103. The summed E-state index contributed by atoms with van der Waals surface area (Å²) in [5.41, 5.74) is 5.33. The summed E-state index contributed by atoms with van der Waals surface area (Å²) in [6.45, 7) is 8.81. The normalized spacial score (nSPS) is 10.9. The number of rotatable bonds is 6. The molecule has 0 atom stereocenters. The van der Waals surface area contributed by atoms with Crippen LogP contribution in [0.25, 0.3) is 0 Å². The minimum absolute atomic E-state index is 0.0822. The van der Waals surface area contributed by atoms with Gasteiger partial charge in [0.2, 0.25) is 0 Å². The maximum atomic E-state index is 12.5. The highest BCUT2D eigenvalue weighted by atomic mass is 32.1. The van der Waals surface area contributed by atoms with E-state index in [1.165, 1.54) is 16.9 Å². The van der Waals surface area contributed by atoms with Crippen LogP contribution in [0.5, 0.6) is 5.75 Å². The molecule has 0 bridgehead atoms. The molecule has 0 fully saturated rings. The van der Waals surface area contributed by atoms with E-state index < -0.39 is 0 Å². The van der Waals surface area contributed by atoms with Crippen molar-refractivity contribution in [1.82, 2.24) is 0 Å². The van der Waals surface area contributed by atoms with Crippen molar-refractivity contribution < 1.29 is 9.53 Å². The number of ether oxygens (including phenoxy) is 1. The van der Waals surface area contributed by atoms with Gasteiger partial charge in [0.15, 0.2) is 0 Å². The molecule has 140 valence electrons. The van der Waals surface area contributed by atoms with E-state index in [1.54, 1.807) is 0 Å². The van der Waals surface area contributed by atoms with E-state index in [0.29, 0.717) is 17.4 Å². The first kappa shape index (κ1) is 19.2. The molecule has 1 amide bonds. The zero-order valence-corrected chi connectivity index (χ0v) is 17.0. The predicted molar refractivity (Wildman–Crippen MR) is 113 cm³/mol. The number of carbonyl (C=O) groups is 1. The number of anilines is 1. The van der Waals surface area contributed by atoms with Gasteiger partial charge in [-0.05, 0) is 66.1 Å². The van der Waals surface area contributed by atoms with Gasteiger partial charge in [0.05, 0.1) is 4.88 Å². The zero-order valence-electron chi connectivity index (χ0n) is 16.2. The van der Waals surface area contributed by atoms with Crippen LogP contribution in [0.4, 0.5) is 5.69 Å². The van der Waals surface area contributed by atoms with Crippen LogP contribution in [-0.2, 0) is 6.61 Å². The fraction of sp³-hybridized carbons (Fsp3) is 0.261. The van der Waals surface area contributed by atoms with Gasteiger partial charge in [0, 0.05) is 11.3 Å². The Kier molecular flexibility index (Phi) is 5.97. The van der Waals surface area contributed by atoms with Gasteiger partial charge in [-0.25, -0.2) is 0 Å². The molecule has 2 aromatic carbocycles. The Bertz CT molecular complexity index is 926. The van der Waals surface area contributed by atoms with E-state index in [2.05, 4.69) is 31.3 Å². The lowest BCUT2D eigenvalue weighted by Gasteiger charge is -2.08. The Morgan fingerprint density at radius 2 is 1.81 bits per heavy atom. The van der Waals surface area contributed by atoms with Gasteiger partial charge < -0.3 is 10.1 Å². The molecular formula is C23H25NO2S. The molecule has 3 aromatic rings. The Labute approximate surface area is 165 Å².